The minimum absolute atomic E-state index is 0.0640. The van der Waals surface area contributed by atoms with Gasteiger partial charge in [-0.05, 0) is 25.2 Å². The van der Waals surface area contributed by atoms with Gasteiger partial charge in [0.25, 0.3) is 0 Å². The van der Waals surface area contributed by atoms with E-state index in [0.717, 1.165) is 17.7 Å². The van der Waals surface area contributed by atoms with Crippen molar-refractivity contribution in [2.45, 2.75) is 38.3 Å². The first-order valence-electron chi connectivity index (χ1n) is 6.57. The molecule has 4 amide bonds. The fourth-order valence-electron chi connectivity index (χ4n) is 2.31. The zero-order chi connectivity index (χ0) is 14.9. The molecule has 1 saturated carbocycles. The number of hydrogen-bond donors (Lipinski definition) is 3. The van der Waals surface area contributed by atoms with Gasteiger partial charge in [-0.25, -0.2) is 9.59 Å². The molecule has 0 aromatic carbocycles. The van der Waals surface area contributed by atoms with Crippen LogP contribution in [0.1, 0.15) is 26.2 Å². The maximum atomic E-state index is 12.1. The lowest BCUT2D eigenvalue weighted by Gasteiger charge is -2.34. The number of aliphatic carboxylic acids is 1. The van der Waals surface area contributed by atoms with Crippen molar-refractivity contribution in [1.29, 1.82) is 0 Å². The molecule has 1 aliphatic carbocycles. The molecule has 0 spiro atoms. The van der Waals surface area contributed by atoms with Crippen LogP contribution in [0.3, 0.4) is 0 Å². The van der Waals surface area contributed by atoms with Gasteiger partial charge in [-0.3, -0.25) is 14.9 Å². The van der Waals surface area contributed by atoms with Gasteiger partial charge in [-0.1, -0.05) is 6.92 Å². The van der Waals surface area contributed by atoms with Gasteiger partial charge in [-0.15, -0.1) is 0 Å². The molecular formula is C12H17N3O5. The number of amides is 4. The van der Waals surface area contributed by atoms with Crippen molar-refractivity contribution in [2.24, 2.45) is 5.92 Å². The number of piperazine rings is 1. The highest BCUT2D eigenvalue weighted by atomic mass is 16.4. The van der Waals surface area contributed by atoms with Crippen molar-refractivity contribution in [3.05, 3.63) is 0 Å². The van der Waals surface area contributed by atoms with Crippen molar-refractivity contribution in [2.75, 3.05) is 6.54 Å². The summed E-state index contributed by atoms with van der Waals surface area (Å²) in [6.07, 6.45) is 1.87. The first-order valence-corrected chi connectivity index (χ1v) is 6.57. The van der Waals surface area contributed by atoms with Crippen LogP contribution in [0, 0.1) is 5.92 Å². The second-order valence-electron chi connectivity index (χ2n) is 5.07. The number of imide groups is 1. The van der Waals surface area contributed by atoms with E-state index in [0.29, 0.717) is 6.42 Å². The van der Waals surface area contributed by atoms with E-state index < -0.39 is 35.9 Å². The summed E-state index contributed by atoms with van der Waals surface area (Å²) in [5.74, 6) is -2.25. The molecule has 1 heterocycles. The molecule has 1 saturated heterocycles. The zero-order valence-corrected chi connectivity index (χ0v) is 11.1. The fraction of sp³-hybridized carbons (Fsp3) is 0.667. The summed E-state index contributed by atoms with van der Waals surface area (Å²) in [5, 5.41) is 13.6. The molecule has 110 valence electrons. The molecule has 20 heavy (non-hydrogen) atoms. The van der Waals surface area contributed by atoms with Crippen LogP contribution in [0.5, 0.6) is 0 Å². The topological polar surface area (TPSA) is 116 Å². The Morgan fingerprint density at radius 3 is 2.60 bits per heavy atom. The Labute approximate surface area is 115 Å². The van der Waals surface area contributed by atoms with Crippen LogP contribution < -0.4 is 10.6 Å². The van der Waals surface area contributed by atoms with Crippen LogP contribution >= 0.6 is 0 Å². The first-order chi connectivity index (χ1) is 9.43. The summed E-state index contributed by atoms with van der Waals surface area (Å²) in [7, 11) is 0. The predicted molar refractivity (Wildman–Crippen MR) is 66.6 cm³/mol. The van der Waals surface area contributed by atoms with E-state index in [-0.39, 0.29) is 12.5 Å². The van der Waals surface area contributed by atoms with Crippen LogP contribution in [0.4, 0.5) is 4.79 Å². The van der Waals surface area contributed by atoms with E-state index >= 15 is 0 Å². The maximum Gasteiger partial charge on any atom is 0.326 e. The molecule has 8 heteroatoms. The van der Waals surface area contributed by atoms with E-state index in [2.05, 4.69) is 10.6 Å². The number of carboxylic acids is 1. The molecular weight excluding hydrogens is 266 g/mol. The number of carboxylic acid groups (broad SMARTS) is 1. The maximum absolute atomic E-state index is 12.1. The standard InChI is InChI=1S/C12H17N3O5/c1-2-7-10(17)13-8(16)5-15(7)12(20)14-9(11(18)19)6-3-4-6/h6-7,9H,2-5H2,1H3,(H,14,20)(H,18,19)(H,13,16,17). The van der Waals surface area contributed by atoms with Gasteiger partial charge in [0.2, 0.25) is 11.8 Å². The van der Waals surface area contributed by atoms with Gasteiger partial charge in [0, 0.05) is 0 Å². The lowest BCUT2D eigenvalue weighted by molar-refractivity contribution is -0.139. The molecule has 1 aliphatic heterocycles. The minimum Gasteiger partial charge on any atom is -0.480 e. The van der Waals surface area contributed by atoms with Crippen LogP contribution in [-0.4, -0.2) is 52.4 Å². The third-order valence-corrected chi connectivity index (χ3v) is 3.54. The van der Waals surface area contributed by atoms with Crippen molar-refractivity contribution in [1.82, 2.24) is 15.5 Å². The number of rotatable bonds is 4. The van der Waals surface area contributed by atoms with E-state index in [1.165, 1.54) is 0 Å². The predicted octanol–water partition coefficient (Wildman–Crippen LogP) is -0.704. The number of urea groups is 1. The van der Waals surface area contributed by atoms with E-state index in [1.54, 1.807) is 6.92 Å². The van der Waals surface area contributed by atoms with Crippen molar-refractivity contribution >= 4 is 23.8 Å². The van der Waals surface area contributed by atoms with Crippen LogP contribution in [0.15, 0.2) is 0 Å². The van der Waals surface area contributed by atoms with Crippen LogP contribution in [0.25, 0.3) is 0 Å². The molecule has 0 aromatic heterocycles. The van der Waals surface area contributed by atoms with Gasteiger partial charge in [0.1, 0.15) is 18.6 Å². The highest BCUT2D eigenvalue weighted by Gasteiger charge is 2.41. The van der Waals surface area contributed by atoms with E-state index in [4.69, 9.17) is 5.11 Å². The molecule has 3 N–H and O–H groups in total. The molecule has 2 aliphatic rings. The summed E-state index contributed by atoms with van der Waals surface area (Å²) >= 11 is 0. The number of nitrogens with one attached hydrogen (secondary N) is 2. The lowest BCUT2D eigenvalue weighted by atomic mass is 10.1. The second-order valence-corrected chi connectivity index (χ2v) is 5.07. The summed E-state index contributed by atoms with van der Waals surface area (Å²) in [5.41, 5.74) is 0. The van der Waals surface area contributed by atoms with Crippen LogP contribution in [0.2, 0.25) is 0 Å². The largest absolute Gasteiger partial charge is 0.480 e. The smallest absolute Gasteiger partial charge is 0.326 e. The second kappa shape index (κ2) is 5.48. The summed E-state index contributed by atoms with van der Waals surface area (Å²) in [6, 6.07) is -2.39. The minimum atomic E-state index is -1.10. The highest BCUT2D eigenvalue weighted by Crippen LogP contribution is 2.32. The molecule has 2 rings (SSSR count). The van der Waals surface area contributed by atoms with Gasteiger partial charge >= 0.3 is 12.0 Å². The highest BCUT2D eigenvalue weighted by molar-refractivity contribution is 6.04. The van der Waals surface area contributed by atoms with Gasteiger partial charge < -0.3 is 15.3 Å². The van der Waals surface area contributed by atoms with Crippen molar-refractivity contribution < 1.29 is 24.3 Å². The number of carbonyl (C=O) groups is 4. The third kappa shape index (κ3) is 2.89. The summed E-state index contributed by atoms with van der Waals surface area (Å²) in [6.45, 7) is 1.48. The lowest BCUT2D eigenvalue weighted by Crippen LogP contribution is -2.62. The molecule has 8 nitrogen and oxygen atoms in total. The van der Waals surface area contributed by atoms with Crippen molar-refractivity contribution in [3.63, 3.8) is 0 Å². The fourth-order valence-corrected chi connectivity index (χ4v) is 2.31. The van der Waals surface area contributed by atoms with Crippen molar-refractivity contribution in [3.8, 4) is 0 Å². The SMILES string of the molecule is CCC1C(=O)NC(=O)CN1C(=O)NC(C(=O)O)C1CC1. The molecule has 2 unspecified atom stereocenters. The van der Waals surface area contributed by atoms with Gasteiger partial charge in [0.15, 0.2) is 0 Å². The summed E-state index contributed by atoms with van der Waals surface area (Å²) in [4.78, 5) is 47.3. The average molecular weight is 283 g/mol. The Bertz CT molecular complexity index is 460. The molecule has 0 radical (unpaired) electrons. The molecule has 0 aromatic rings. The van der Waals surface area contributed by atoms with Gasteiger partial charge in [-0.2, -0.15) is 0 Å². The zero-order valence-electron chi connectivity index (χ0n) is 11.1. The third-order valence-electron chi connectivity index (χ3n) is 3.54. The normalized spacial score (nSPS) is 24.1. The van der Waals surface area contributed by atoms with Crippen LogP contribution in [-0.2, 0) is 14.4 Å². The monoisotopic (exact) mass is 283 g/mol. The Kier molecular flexibility index (Phi) is 3.91. The number of nitrogens with zero attached hydrogens (tertiary/aromatic N) is 1. The van der Waals surface area contributed by atoms with E-state index in [1.807, 2.05) is 0 Å². The first kappa shape index (κ1) is 14.3. The Morgan fingerprint density at radius 2 is 2.10 bits per heavy atom. The van der Waals surface area contributed by atoms with Gasteiger partial charge in [0.05, 0.1) is 0 Å². The molecule has 2 atom stereocenters. The number of hydrogen-bond acceptors (Lipinski definition) is 4. The Morgan fingerprint density at radius 1 is 1.45 bits per heavy atom. The molecule has 0 bridgehead atoms. The van der Waals surface area contributed by atoms with E-state index in [9.17, 15) is 19.2 Å². The number of carbonyl (C=O) groups excluding carboxylic acids is 3. The molecule has 2 fully saturated rings. The Hall–Kier alpha value is -2.12. The quantitative estimate of drug-likeness (QED) is 0.590. The Balaban J connectivity index is 2.07. The summed E-state index contributed by atoms with van der Waals surface area (Å²) < 4.78 is 0. The average Bonchev–Trinajstić information content (AvgIpc) is 3.18.